The van der Waals surface area contributed by atoms with E-state index in [1.54, 1.807) is 12.1 Å². The molecule has 0 heterocycles. The van der Waals surface area contributed by atoms with Crippen LogP contribution in [0, 0.1) is 5.82 Å². The fraction of sp³-hybridized carbons (Fsp3) is 0.455. The number of hydrogen-bond acceptors (Lipinski definition) is 2. The SMILES string of the molecule is CC(C)(N)CNCc1ccccc1F. The van der Waals surface area contributed by atoms with Crippen LogP contribution in [0.15, 0.2) is 24.3 Å². The Morgan fingerprint density at radius 3 is 2.57 bits per heavy atom. The average molecular weight is 196 g/mol. The topological polar surface area (TPSA) is 38.0 Å². The number of hydrogen-bond donors (Lipinski definition) is 2. The van der Waals surface area contributed by atoms with E-state index in [4.69, 9.17) is 5.73 Å². The van der Waals surface area contributed by atoms with Gasteiger partial charge in [0.25, 0.3) is 0 Å². The largest absolute Gasteiger partial charge is 0.324 e. The monoisotopic (exact) mass is 196 g/mol. The molecule has 0 fully saturated rings. The Bertz CT molecular complexity index is 292. The summed E-state index contributed by atoms with van der Waals surface area (Å²) in [5.41, 5.74) is 6.20. The molecule has 2 nitrogen and oxygen atoms in total. The minimum Gasteiger partial charge on any atom is -0.324 e. The lowest BCUT2D eigenvalue weighted by molar-refractivity contribution is 0.462. The molecule has 0 saturated heterocycles. The summed E-state index contributed by atoms with van der Waals surface area (Å²) in [5, 5.41) is 3.12. The minimum absolute atomic E-state index is 0.171. The van der Waals surface area contributed by atoms with Gasteiger partial charge in [0.15, 0.2) is 0 Å². The maximum atomic E-state index is 13.1. The summed E-state index contributed by atoms with van der Waals surface area (Å²) < 4.78 is 13.1. The van der Waals surface area contributed by atoms with Gasteiger partial charge >= 0.3 is 0 Å². The predicted molar refractivity (Wildman–Crippen MR) is 56.4 cm³/mol. The third-order valence-electron chi connectivity index (χ3n) is 1.85. The van der Waals surface area contributed by atoms with Crippen molar-refractivity contribution in [1.82, 2.24) is 5.32 Å². The van der Waals surface area contributed by atoms with Gasteiger partial charge in [-0.05, 0) is 19.9 Å². The lowest BCUT2D eigenvalue weighted by atomic mass is 10.1. The van der Waals surface area contributed by atoms with Crippen LogP contribution in [0.1, 0.15) is 19.4 Å². The highest BCUT2D eigenvalue weighted by atomic mass is 19.1. The van der Waals surface area contributed by atoms with Crippen LogP contribution in [0.2, 0.25) is 0 Å². The third kappa shape index (κ3) is 3.85. The van der Waals surface area contributed by atoms with Crippen molar-refractivity contribution in [2.75, 3.05) is 6.54 Å². The zero-order chi connectivity index (χ0) is 10.6. The Hall–Kier alpha value is -0.930. The normalized spacial score (nSPS) is 11.7. The molecule has 78 valence electrons. The molecule has 3 N–H and O–H groups in total. The number of halogens is 1. The first-order chi connectivity index (χ1) is 6.49. The lowest BCUT2D eigenvalue weighted by Gasteiger charge is -2.19. The molecular formula is C11H17FN2. The van der Waals surface area contributed by atoms with Crippen molar-refractivity contribution < 1.29 is 4.39 Å². The van der Waals surface area contributed by atoms with E-state index in [1.807, 2.05) is 19.9 Å². The van der Waals surface area contributed by atoms with Crippen molar-refractivity contribution in [2.24, 2.45) is 5.73 Å². The fourth-order valence-corrected chi connectivity index (χ4v) is 1.16. The molecule has 0 unspecified atom stereocenters. The van der Waals surface area contributed by atoms with Crippen LogP contribution in [-0.4, -0.2) is 12.1 Å². The lowest BCUT2D eigenvalue weighted by Crippen LogP contribution is -2.42. The summed E-state index contributed by atoms with van der Waals surface area (Å²) in [7, 11) is 0. The molecule has 0 saturated carbocycles. The van der Waals surface area contributed by atoms with Crippen molar-refractivity contribution in [1.29, 1.82) is 0 Å². The molecule has 1 aromatic rings. The molecule has 0 radical (unpaired) electrons. The van der Waals surface area contributed by atoms with Gasteiger partial charge in [-0.2, -0.15) is 0 Å². The Labute approximate surface area is 84.3 Å². The molecule has 0 aromatic heterocycles. The predicted octanol–water partition coefficient (Wildman–Crippen LogP) is 1.65. The second kappa shape index (κ2) is 4.53. The number of rotatable bonds is 4. The smallest absolute Gasteiger partial charge is 0.127 e. The molecule has 0 amide bonds. The van der Waals surface area contributed by atoms with Crippen molar-refractivity contribution in [3.63, 3.8) is 0 Å². The van der Waals surface area contributed by atoms with E-state index in [1.165, 1.54) is 6.07 Å². The van der Waals surface area contributed by atoms with E-state index in [9.17, 15) is 4.39 Å². The van der Waals surface area contributed by atoms with Gasteiger partial charge in [0.2, 0.25) is 0 Å². The quantitative estimate of drug-likeness (QED) is 0.768. The van der Waals surface area contributed by atoms with Crippen LogP contribution >= 0.6 is 0 Å². The van der Waals surface area contributed by atoms with Crippen LogP contribution in [0.25, 0.3) is 0 Å². The summed E-state index contributed by atoms with van der Waals surface area (Å²) >= 11 is 0. The van der Waals surface area contributed by atoms with Gasteiger partial charge in [-0.25, -0.2) is 4.39 Å². The molecule has 0 atom stereocenters. The van der Waals surface area contributed by atoms with Crippen LogP contribution in [0.3, 0.4) is 0 Å². The second-order valence-corrected chi connectivity index (χ2v) is 4.18. The summed E-state index contributed by atoms with van der Waals surface area (Å²) in [6.45, 7) is 5.05. The third-order valence-corrected chi connectivity index (χ3v) is 1.85. The van der Waals surface area contributed by atoms with E-state index in [0.717, 1.165) is 0 Å². The van der Waals surface area contributed by atoms with Crippen molar-refractivity contribution in [3.8, 4) is 0 Å². The van der Waals surface area contributed by atoms with E-state index >= 15 is 0 Å². The van der Waals surface area contributed by atoms with Gasteiger partial charge in [0.05, 0.1) is 0 Å². The number of nitrogens with one attached hydrogen (secondary N) is 1. The molecule has 0 aliphatic rings. The number of benzene rings is 1. The van der Waals surface area contributed by atoms with E-state index in [2.05, 4.69) is 5.32 Å². The van der Waals surface area contributed by atoms with Crippen LogP contribution < -0.4 is 11.1 Å². The molecule has 0 spiro atoms. The first kappa shape index (κ1) is 11.1. The Morgan fingerprint density at radius 2 is 2.00 bits per heavy atom. The highest BCUT2D eigenvalue weighted by molar-refractivity contribution is 5.16. The van der Waals surface area contributed by atoms with Gasteiger partial charge in [0, 0.05) is 24.2 Å². The summed E-state index contributed by atoms with van der Waals surface area (Å²) in [6.07, 6.45) is 0. The van der Waals surface area contributed by atoms with Crippen LogP contribution in [0.5, 0.6) is 0 Å². The van der Waals surface area contributed by atoms with Crippen LogP contribution in [-0.2, 0) is 6.54 Å². The van der Waals surface area contributed by atoms with E-state index in [-0.39, 0.29) is 11.4 Å². The fourth-order valence-electron chi connectivity index (χ4n) is 1.16. The first-order valence-electron chi connectivity index (χ1n) is 4.72. The zero-order valence-corrected chi connectivity index (χ0v) is 8.68. The van der Waals surface area contributed by atoms with Gasteiger partial charge < -0.3 is 11.1 Å². The van der Waals surface area contributed by atoms with Crippen molar-refractivity contribution in [2.45, 2.75) is 25.9 Å². The molecular weight excluding hydrogens is 179 g/mol. The van der Waals surface area contributed by atoms with Gasteiger partial charge in [-0.15, -0.1) is 0 Å². The Morgan fingerprint density at radius 1 is 1.36 bits per heavy atom. The highest BCUT2D eigenvalue weighted by Gasteiger charge is 2.09. The Balaban J connectivity index is 2.43. The summed E-state index contributed by atoms with van der Waals surface area (Å²) in [5.74, 6) is -0.171. The zero-order valence-electron chi connectivity index (χ0n) is 8.68. The Kier molecular flexibility index (Phi) is 3.61. The minimum atomic E-state index is -0.259. The second-order valence-electron chi connectivity index (χ2n) is 4.18. The van der Waals surface area contributed by atoms with Crippen molar-refractivity contribution in [3.05, 3.63) is 35.6 Å². The maximum Gasteiger partial charge on any atom is 0.127 e. The molecule has 0 bridgehead atoms. The molecule has 0 aliphatic carbocycles. The average Bonchev–Trinajstić information content (AvgIpc) is 2.06. The van der Waals surface area contributed by atoms with E-state index < -0.39 is 0 Å². The van der Waals surface area contributed by atoms with E-state index in [0.29, 0.717) is 18.7 Å². The summed E-state index contributed by atoms with van der Waals surface area (Å²) in [4.78, 5) is 0. The number of nitrogens with two attached hydrogens (primary N) is 1. The highest BCUT2D eigenvalue weighted by Crippen LogP contribution is 2.05. The molecule has 0 aliphatic heterocycles. The molecule has 14 heavy (non-hydrogen) atoms. The van der Waals surface area contributed by atoms with Crippen LogP contribution in [0.4, 0.5) is 4.39 Å². The van der Waals surface area contributed by atoms with Crippen molar-refractivity contribution >= 4 is 0 Å². The van der Waals surface area contributed by atoms with Gasteiger partial charge in [-0.1, -0.05) is 18.2 Å². The van der Waals surface area contributed by atoms with Gasteiger partial charge in [-0.3, -0.25) is 0 Å². The first-order valence-corrected chi connectivity index (χ1v) is 4.72. The summed E-state index contributed by atoms with van der Waals surface area (Å²) in [6, 6.07) is 6.75. The maximum absolute atomic E-state index is 13.1. The molecule has 3 heteroatoms. The molecule has 1 aromatic carbocycles. The molecule has 1 rings (SSSR count). The van der Waals surface area contributed by atoms with Gasteiger partial charge in [0.1, 0.15) is 5.82 Å². The standard InChI is InChI=1S/C11H17FN2/c1-11(2,13)8-14-7-9-5-3-4-6-10(9)12/h3-6,14H,7-8,13H2,1-2H3.